The molecular weight excluding hydrogens is 362 g/mol. The highest BCUT2D eigenvalue weighted by Gasteiger charge is 2.22. The van der Waals surface area contributed by atoms with Crippen molar-refractivity contribution < 1.29 is 9.53 Å². The second kappa shape index (κ2) is 9.00. The molecule has 1 saturated heterocycles. The molecule has 2 amide bonds. The maximum atomic E-state index is 12.4. The van der Waals surface area contributed by atoms with Gasteiger partial charge in [0.25, 0.3) is 0 Å². The van der Waals surface area contributed by atoms with E-state index in [0.29, 0.717) is 19.6 Å². The van der Waals surface area contributed by atoms with Gasteiger partial charge in [0.15, 0.2) is 0 Å². The molecule has 1 fully saturated rings. The summed E-state index contributed by atoms with van der Waals surface area (Å²) in [6.45, 7) is 5.70. The van der Waals surface area contributed by atoms with Gasteiger partial charge in [-0.25, -0.2) is 4.79 Å². The molecule has 27 heavy (non-hydrogen) atoms. The van der Waals surface area contributed by atoms with E-state index in [1.165, 1.54) is 5.56 Å². The van der Waals surface area contributed by atoms with Gasteiger partial charge < -0.3 is 19.9 Å². The number of halogens is 1. The van der Waals surface area contributed by atoms with Crippen LogP contribution < -0.4 is 15.0 Å². The van der Waals surface area contributed by atoms with Crippen LogP contribution in [-0.2, 0) is 6.42 Å². The molecule has 0 bridgehead atoms. The Morgan fingerprint density at radius 1 is 1.11 bits per heavy atom. The number of hydrogen-bond acceptors (Lipinski definition) is 3. The number of nitrogens with zero attached hydrogens (tertiary/aromatic N) is 2. The van der Waals surface area contributed by atoms with Gasteiger partial charge in [-0.15, -0.1) is 0 Å². The molecule has 5 nitrogen and oxygen atoms in total. The zero-order valence-corrected chi connectivity index (χ0v) is 16.6. The van der Waals surface area contributed by atoms with E-state index in [4.69, 9.17) is 16.3 Å². The van der Waals surface area contributed by atoms with Gasteiger partial charge in [0.05, 0.1) is 7.11 Å². The zero-order valence-electron chi connectivity index (χ0n) is 15.9. The molecule has 144 valence electrons. The molecule has 0 aromatic heterocycles. The van der Waals surface area contributed by atoms with Gasteiger partial charge in [0, 0.05) is 43.4 Å². The average Bonchev–Trinajstić information content (AvgIpc) is 2.70. The third-order valence-corrected chi connectivity index (χ3v) is 5.41. The summed E-state index contributed by atoms with van der Waals surface area (Å²) in [5.41, 5.74) is 3.43. The molecule has 6 heteroatoms. The van der Waals surface area contributed by atoms with Crippen molar-refractivity contribution in [3.05, 3.63) is 58.6 Å². The lowest BCUT2D eigenvalue weighted by Gasteiger charge is -2.36. The molecule has 1 aliphatic heterocycles. The molecule has 0 spiro atoms. The smallest absolute Gasteiger partial charge is 0.317 e. The van der Waals surface area contributed by atoms with Crippen LogP contribution in [0.25, 0.3) is 0 Å². The number of ether oxygens (including phenoxy) is 1. The van der Waals surface area contributed by atoms with Gasteiger partial charge in [-0.1, -0.05) is 29.8 Å². The Kier molecular flexibility index (Phi) is 6.45. The zero-order chi connectivity index (χ0) is 19.2. The number of benzene rings is 2. The molecule has 3 rings (SSSR count). The number of carbonyl (C=O) groups excluding carboxylic acids is 1. The Bertz CT molecular complexity index is 771. The van der Waals surface area contributed by atoms with Crippen molar-refractivity contribution >= 4 is 23.3 Å². The molecule has 0 radical (unpaired) electrons. The summed E-state index contributed by atoms with van der Waals surface area (Å²) in [5.74, 6) is 0.843. The summed E-state index contributed by atoms with van der Waals surface area (Å²) >= 11 is 6.23. The lowest BCUT2D eigenvalue weighted by Crippen LogP contribution is -2.52. The number of piperazine rings is 1. The van der Waals surface area contributed by atoms with Gasteiger partial charge >= 0.3 is 6.03 Å². The third kappa shape index (κ3) is 4.86. The van der Waals surface area contributed by atoms with Crippen LogP contribution in [0.4, 0.5) is 10.5 Å². The minimum atomic E-state index is 0.00553. The van der Waals surface area contributed by atoms with Gasteiger partial charge in [-0.3, -0.25) is 0 Å². The van der Waals surface area contributed by atoms with E-state index >= 15 is 0 Å². The summed E-state index contributed by atoms with van der Waals surface area (Å²) in [6, 6.07) is 13.9. The fourth-order valence-electron chi connectivity index (χ4n) is 3.31. The Balaban J connectivity index is 1.45. The summed E-state index contributed by atoms with van der Waals surface area (Å²) < 4.78 is 5.16. The van der Waals surface area contributed by atoms with Crippen LogP contribution in [0.2, 0.25) is 5.02 Å². The Morgan fingerprint density at radius 2 is 1.81 bits per heavy atom. The van der Waals surface area contributed by atoms with Crippen molar-refractivity contribution in [3.63, 3.8) is 0 Å². The van der Waals surface area contributed by atoms with Crippen LogP contribution in [0.15, 0.2) is 42.5 Å². The van der Waals surface area contributed by atoms with Crippen LogP contribution in [0, 0.1) is 6.92 Å². The molecule has 0 atom stereocenters. The van der Waals surface area contributed by atoms with E-state index in [2.05, 4.69) is 16.3 Å². The van der Waals surface area contributed by atoms with Gasteiger partial charge in [0.2, 0.25) is 0 Å². The Hall–Kier alpha value is -2.40. The molecular formula is C21H26ClN3O2. The number of urea groups is 1. The predicted octanol–water partition coefficient (Wildman–Crippen LogP) is 3.73. The SMILES string of the molecule is COc1ccc(CCNC(=O)N2CCN(c3cccc(Cl)c3C)CC2)cc1. The van der Waals surface area contributed by atoms with Crippen molar-refractivity contribution in [3.8, 4) is 5.75 Å². The topological polar surface area (TPSA) is 44.8 Å². The van der Waals surface area contributed by atoms with Crippen LogP contribution in [0.1, 0.15) is 11.1 Å². The first-order valence-corrected chi connectivity index (χ1v) is 9.62. The first-order chi connectivity index (χ1) is 13.1. The first kappa shape index (κ1) is 19.4. The Morgan fingerprint density at radius 3 is 2.48 bits per heavy atom. The molecule has 0 aliphatic carbocycles. The number of nitrogens with one attached hydrogen (secondary N) is 1. The fourth-order valence-corrected chi connectivity index (χ4v) is 3.48. The van der Waals surface area contributed by atoms with Crippen molar-refractivity contribution in [1.29, 1.82) is 0 Å². The van der Waals surface area contributed by atoms with E-state index in [9.17, 15) is 4.79 Å². The van der Waals surface area contributed by atoms with Crippen molar-refractivity contribution in [2.24, 2.45) is 0 Å². The van der Waals surface area contributed by atoms with E-state index in [0.717, 1.165) is 41.5 Å². The van der Waals surface area contributed by atoms with Crippen molar-refractivity contribution in [2.75, 3.05) is 44.7 Å². The molecule has 2 aromatic carbocycles. The molecule has 0 saturated carbocycles. The maximum Gasteiger partial charge on any atom is 0.317 e. The summed E-state index contributed by atoms with van der Waals surface area (Å²) in [4.78, 5) is 16.6. The third-order valence-electron chi connectivity index (χ3n) is 5.00. The van der Waals surface area contributed by atoms with Crippen LogP contribution >= 0.6 is 11.6 Å². The minimum Gasteiger partial charge on any atom is -0.497 e. The molecule has 1 aliphatic rings. The van der Waals surface area contributed by atoms with Gasteiger partial charge in [0.1, 0.15) is 5.75 Å². The minimum absolute atomic E-state index is 0.00553. The van der Waals surface area contributed by atoms with E-state index in [-0.39, 0.29) is 6.03 Å². The van der Waals surface area contributed by atoms with Crippen molar-refractivity contribution in [1.82, 2.24) is 10.2 Å². The normalized spacial score (nSPS) is 14.2. The second-order valence-electron chi connectivity index (χ2n) is 6.69. The molecule has 1 N–H and O–H groups in total. The monoisotopic (exact) mass is 387 g/mol. The van der Waals surface area contributed by atoms with Gasteiger partial charge in [-0.2, -0.15) is 0 Å². The number of amides is 2. The summed E-state index contributed by atoms with van der Waals surface area (Å²) in [7, 11) is 1.66. The summed E-state index contributed by atoms with van der Waals surface area (Å²) in [5, 5.41) is 3.80. The molecule has 2 aromatic rings. The van der Waals surface area contributed by atoms with Gasteiger partial charge in [-0.05, 0) is 48.7 Å². The Labute approximate surface area is 165 Å². The number of methoxy groups -OCH3 is 1. The maximum absolute atomic E-state index is 12.4. The van der Waals surface area contributed by atoms with E-state index < -0.39 is 0 Å². The summed E-state index contributed by atoms with van der Waals surface area (Å²) in [6.07, 6.45) is 0.803. The van der Waals surface area contributed by atoms with E-state index in [1.807, 2.05) is 48.2 Å². The largest absolute Gasteiger partial charge is 0.497 e. The number of hydrogen-bond donors (Lipinski definition) is 1. The van der Waals surface area contributed by atoms with Crippen LogP contribution in [0.3, 0.4) is 0 Å². The predicted molar refractivity (Wildman–Crippen MR) is 110 cm³/mol. The second-order valence-corrected chi connectivity index (χ2v) is 7.10. The first-order valence-electron chi connectivity index (χ1n) is 9.24. The highest BCUT2D eigenvalue weighted by atomic mass is 35.5. The lowest BCUT2D eigenvalue weighted by atomic mass is 10.1. The standard InChI is InChI=1S/C21H26ClN3O2/c1-16-19(22)4-3-5-20(16)24-12-14-25(15-13-24)21(26)23-11-10-17-6-8-18(27-2)9-7-17/h3-9H,10-15H2,1-2H3,(H,23,26). The quantitative estimate of drug-likeness (QED) is 0.850. The average molecular weight is 388 g/mol. The fraction of sp³-hybridized carbons (Fsp3) is 0.381. The highest BCUT2D eigenvalue weighted by Crippen LogP contribution is 2.27. The van der Waals surface area contributed by atoms with Crippen molar-refractivity contribution in [2.45, 2.75) is 13.3 Å². The number of anilines is 1. The highest BCUT2D eigenvalue weighted by molar-refractivity contribution is 6.31. The van der Waals surface area contributed by atoms with Crippen LogP contribution in [0.5, 0.6) is 5.75 Å². The van der Waals surface area contributed by atoms with E-state index in [1.54, 1.807) is 7.11 Å². The molecule has 0 unspecified atom stereocenters. The molecule has 1 heterocycles. The lowest BCUT2D eigenvalue weighted by molar-refractivity contribution is 0.194. The number of rotatable bonds is 5. The number of carbonyl (C=O) groups is 1. The van der Waals surface area contributed by atoms with Crippen LogP contribution in [-0.4, -0.2) is 50.8 Å².